The maximum absolute atomic E-state index is 11.3. The first-order valence-corrected chi connectivity index (χ1v) is 6.99. The maximum Gasteiger partial charge on any atom is 0.238 e. The van der Waals surface area contributed by atoms with Crippen molar-refractivity contribution in [2.24, 2.45) is 4.99 Å². The van der Waals surface area contributed by atoms with Crippen LogP contribution in [0.2, 0.25) is 0 Å². The topological polar surface area (TPSA) is 55.5 Å². The molecule has 0 spiro atoms. The van der Waals surface area contributed by atoms with Crippen molar-refractivity contribution in [3.63, 3.8) is 0 Å². The van der Waals surface area contributed by atoms with Gasteiger partial charge < -0.3 is 0 Å². The zero-order chi connectivity index (χ0) is 15.1. The summed E-state index contributed by atoms with van der Waals surface area (Å²) in [6.07, 6.45) is 2.16. The summed E-state index contributed by atoms with van der Waals surface area (Å²) in [6.45, 7) is 1.82. The molecule has 0 unspecified atom stereocenters. The van der Waals surface area contributed by atoms with E-state index in [4.69, 9.17) is 0 Å². The van der Waals surface area contributed by atoms with E-state index in [-0.39, 0.29) is 4.92 Å². The van der Waals surface area contributed by atoms with Crippen LogP contribution in [0.15, 0.2) is 65.7 Å². The van der Waals surface area contributed by atoms with Crippen molar-refractivity contribution < 1.29 is 4.92 Å². The van der Waals surface area contributed by atoms with Crippen LogP contribution in [0.5, 0.6) is 0 Å². The predicted octanol–water partition coefficient (Wildman–Crippen LogP) is 3.90. The van der Waals surface area contributed by atoms with Crippen LogP contribution in [-0.4, -0.2) is 17.2 Å². The summed E-state index contributed by atoms with van der Waals surface area (Å²) in [5.41, 5.74) is 1.81. The van der Waals surface area contributed by atoms with Crippen LogP contribution < -0.4 is 0 Å². The monoisotopic (exact) mass is 282 g/mol. The number of nitrogens with zero attached hydrogens (tertiary/aromatic N) is 2. The normalized spacial score (nSPS) is 14.0. The molecule has 2 aromatic carbocycles. The zero-order valence-corrected chi connectivity index (χ0v) is 11.9. The molecule has 0 aliphatic carbocycles. The molecule has 4 heteroatoms. The first-order valence-electron chi connectivity index (χ1n) is 6.99. The molecular weight excluding hydrogens is 264 g/mol. The molecule has 0 bridgehead atoms. The molecule has 0 N–H and O–H groups in total. The third kappa shape index (κ3) is 3.99. The molecule has 0 aliphatic rings. The lowest BCUT2D eigenvalue weighted by atomic mass is 9.98. The van der Waals surface area contributed by atoms with Gasteiger partial charge in [0.15, 0.2) is 0 Å². The number of hydrogen-bond acceptors (Lipinski definition) is 3. The van der Waals surface area contributed by atoms with Gasteiger partial charge in [0.05, 0.1) is 0 Å². The molecular formula is C17H18N2O2. The summed E-state index contributed by atoms with van der Waals surface area (Å²) in [5.74, 6) is 0. The average molecular weight is 282 g/mol. The predicted molar refractivity (Wildman–Crippen MR) is 84.3 cm³/mol. The second-order valence-corrected chi connectivity index (χ2v) is 4.81. The molecule has 0 saturated heterocycles. The Morgan fingerprint density at radius 1 is 1.10 bits per heavy atom. The number of rotatable bonds is 6. The third-order valence-corrected chi connectivity index (χ3v) is 3.38. The van der Waals surface area contributed by atoms with E-state index >= 15 is 0 Å². The second-order valence-electron chi connectivity index (χ2n) is 4.81. The van der Waals surface area contributed by atoms with E-state index in [9.17, 15) is 10.1 Å². The molecule has 21 heavy (non-hydrogen) atoms. The van der Waals surface area contributed by atoms with Gasteiger partial charge in [-0.1, -0.05) is 67.6 Å². The van der Waals surface area contributed by atoms with Crippen LogP contribution in [-0.2, 0) is 0 Å². The lowest BCUT2D eigenvalue weighted by Crippen LogP contribution is -2.26. The fourth-order valence-electron chi connectivity index (χ4n) is 2.25. The molecule has 0 aromatic heterocycles. The molecule has 0 heterocycles. The van der Waals surface area contributed by atoms with Crippen LogP contribution in [0.25, 0.3) is 0 Å². The minimum atomic E-state index is -0.715. The number of aliphatic imine (C=N–C) groups is 1. The van der Waals surface area contributed by atoms with Crippen molar-refractivity contribution >= 4 is 6.21 Å². The van der Waals surface area contributed by atoms with Gasteiger partial charge in [0, 0.05) is 17.6 Å². The van der Waals surface area contributed by atoms with Gasteiger partial charge in [0.1, 0.15) is 6.04 Å². The number of hydrogen-bond donors (Lipinski definition) is 0. The van der Waals surface area contributed by atoms with E-state index in [2.05, 4.69) is 4.99 Å². The highest BCUT2D eigenvalue weighted by molar-refractivity contribution is 5.79. The second kappa shape index (κ2) is 7.33. The van der Waals surface area contributed by atoms with E-state index in [0.717, 1.165) is 11.1 Å². The highest BCUT2D eigenvalue weighted by Crippen LogP contribution is 2.25. The first kappa shape index (κ1) is 14.9. The van der Waals surface area contributed by atoms with E-state index in [1.807, 2.05) is 67.6 Å². The smallest absolute Gasteiger partial charge is 0.238 e. The molecule has 2 rings (SSSR count). The lowest BCUT2D eigenvalue weighted by Gasteiger charge is -2.16. The highest BCUT2D eigenvalue weighted by Gasteiger charge is 2.30. The van der Waals surface area contributed by atoms with Crippen molar-refractivity contribution in [3.8, 4) is 0 Å². The highest BCUT2D eigenvalue weighted by atomic mass is 16.6. The van der Waals surface area contributed by atoms with Crippen LogP contribution >= 0.6 is 0 Å². The van der Waals surface area contributed by atoms with Crippen LogP contribution in [0.4, 0.5) is 0 Å². The van der Waals surface area contributed by atoms with Gasteiger partial charge in [0.25, 0.3) is 0 Å². The molecule has 2 atom stereocenters. The van der Waals surface area contributed by atoms with Crippen LogP contribution in [0.3, 0.4) is 0 Å². The summed E-state index contributed by atoms with van der Waals surface area (Å²) in [5, 5.41) is 11.3. The van der Waals surface area contributed by atoms with Gasteiger partial charge in [0.2, 0.25) is 6.04 Å². The fourth-order valence-corrected chi connectivity index (χ4v) is 2.25. The summed E-state index contributed by atoms with van der Waals surface area (Å²) in [6, 6.07) is 17.9. The molecule has 4 nitrogen and oxygen atoms in total. The number of nitro groups is 1. The molecule has 2 aromatic rings. The Labute approximate surface area is 124 Å². The Morgan fingerprint density at radius 3 is 2.19 bits per heavy atom. The Bertz CT molecular complexity index is 597. The Hall–Kier alpha value is -2.49. The Balaban J connectivity index is 2.32. The molecule has 0 fully saturated rings. The first-order chi connectivity index (χ1) is 10.2. The standard InChI is InChI=1S/C17H18N2O2/c1-2-16(19(20)21)17(15-11-7-4-8-12-15)18-13-14-9-5-3-6-10-14/h3-13,16-17H,2H2,1H3/t16-,17-/m1/s1. The number of benzene rings is 2. The fraction of sp³-hybridized carbons (Fsp3) is 0.235. The van der Waals surface area contributed by atoms with Gasteiger partial charge in [-0.25, -0.2) is 0 Å². The molecule has 0 radical (unpaired) electrons. The quantitative estimate of drug-likeness (QED) is 0.458. The van der Waals surface area contributed by atoms with Crippen molar-refractivity contribution in [1.29, 1.82) is 0 Å². The van der Waals surface area contributed by atoms with E-state index < -0.39 is 12.1 Å². The minimum absolute atomic E-state index is 0.236. The van der Waals surface area contributed by atoms with E-state index in [0.29, 0.717) is 6.42 Å². The van der Waals surface area contributed by atoms with Gasteiger partial charge in [-0.3, -0.25) is 15.1 Å². The molecule has 0 aliphatic heterocycles. The molecule has 108 valence electrons. The van der Waals surface area contributed by atoms with Crippen LogP contribution in [0, 0.1) is 10.1 Å². The summed E-state index contributed by atoms with van der Waals surface area (Å²) in [4.78, 5) is 15.5. The largest absolute Gasteiger partial charge is 0.277 e. The zero-order valence-electron chi connectivity index (χ0n) is 11.9. The maximum atomic E-state index is 11.3. The minimum Gasteiger partial charge on any atom is -0.277 e. The van der Waals surface area contributed by atoms with Crippen molar-refractivity contribution in [2.75, 3.05) is 0 Å². The summed E-state index contributed by atoms with van der Waals surface area (Å²) < 4.78 is 0. The van der Waals surface area contributed by atoms with E-state index in [1.165, 1.54) is 0 Å². The SMILES string of the molecule is CC[C@H]([C@H](N=Cc1ccccc1)c1ccccc1)[N+](=O)[O-]. The van der Waals surface area contributed by atoms with E-state index in [1.54, 1.807) is 6.21 Å². The van der Waals surface area contributed by atoms with Gasteiger partial charge in [-0.05, 0) is 11.1 Å². The van der Waals surface area contributed by atoms with Crippen molar-refractivity contribution in [3.05, 3.63) is 81.9 Å². The van der Waals surface area contributed by atoms with Crippen molar-refractivity contribution in [1.82, 2.24) is 0 Å². The Kier molecular flexibility index (Phi) is 5.21. The van der Waals surface area contributed by atoms with Gasteiger partial charge >= 0.3 is 0 Å². The molecule has 0 amide bonds. The molecule has 0 saturated carbocycles. The third-order valence-electron chi connectivity index (χ3n) is 3.38. The summed E-state index contributed by atoms with van der Waals surface area (Å²) in [7, 11) is 0. The Morgan fingerprint density at radius 2 is 1.67 bits per heavy atom. The summed E-state index contributed by atoms with van der Waals surface area (Å²) >= 11 is 0. The van der Waals surface area contributed by atoms with Gasteiger partial charge in [-0.2, -0.15) is 0 Å². The van der Waals surface area contributed by atoms with Gasteiger partial charge in [-0.15, -0.1) is 0 Å². The van der Waals surface area contributed by atoms with Crippen molar-refractivity contribution in [2.45, 2.75) is 25.4 Å². The average Bonchev–Trinajstić information content (AvgIpc) is 2.53. The van der Waals surface area contributed by atoms with Crippen LogP contribution in [0.1, 0.15) is 30.5 Å². The lowest BCUT2D eigenvalue weighted by molar-refractivity contribution is -0.527.